The summed E-state index contributed by atoms with van der Waals surface area (Å²) in [5.41, 5.74) is 1.26. The summed E-state index contributed by atoms with van der Waals surface area (Å²) in [4.78, 5) is 4.64. The highest BCUT2D eigenvalue weighted by Crippen LogP contribution is 2.33. The zero-order valence-electron chi connectivity index (χ0n) is 13.3. The summed E-state index contributed by atoms with van der Waals surface area (Å²) in [7, 11) is 1.85. The van der Waals surface area contributed by atoms with E-state index in [9.17, 15) is 0 Å². The van der Waals surface area contributed by atoms with Crippen LogP contribution in [0.5, 0.6) is 0 Å². The Labute approximate surface area is 133 Å². The van der Waals surface area contributed by atoms with E-state index < -0.39 is 0 Å². The Morgan fingerprint density at radius 3 is 2.45 bits per heavy atom. The van der Waals surface area contributed by atoms with Crippen molar-refractivity contribution in [3.8, 4) is 23.1 Å². The summed E-state index contributed by atoms with van der Waals surface area (Å²) in [6.07, 6.45) is 1.61. The Morgan fingerprint density at radius 2 is 1.95 bits per heavy atom. The van der Waals surface area contributed by atoms with Crippen LogP contribution in [0.3, 0.4) is 0 Å². The molecule has 116 valence electrons. The van der Waals surface area contributed by atoms with Gasteiger partial charge in [-0.15, -0.1) is 5.10 Å². The summed E-state index contributed by atoms with van der Waals surface area (Å²) in [5.74, 6) is 1.83. The molecule has 3 rings (SSSR count). The number of nitrogens with zero attached hydrogens (tertiary/aromatic N) is 5. The number of rotatable bonds is 2. The first kappa shape index (κ1) is 14.8. The molecule has 0 fully saturated rings. The van der Waals surface area contributed by atoms with Gasteiger partial charge in [-0.1, -0.05) is 11.6 Å². The zero-order chi connectivity index (χ0) is 16.1. The third-order valence-electron chi connectivity index (χ3n) is 3.35. The average molecular weight is 320 g/mol. The first-order valence-electron chi connectivity index (χ1n) is 7.00. The van der Waals surface area contributed by atoms with Crippen LogP contribution in [0.15, 0.2) is 22.8 Å². The number of furan rings is 1. The zero-order valence-corrected chi connectivity index (χ0v) is 14.0. The van der Waals surface area contributed by atoms with Crippen molar-refractivity contribution in [3.63, 3.8) is 0 Å². The van der Waals surface area contributed by atoms with Crippen molar-refractivity contribution < 1.29 is 4.42 Å². The second kappa shape index (κ2) is 4.98. The van der Waals surface area contributed by atoms with E-state index in [1.54, 1.807) is 10.9 Å². The van der Waals surface area contributed by atoms with Gasteiger partial charge in [-0.3, -0.25) is 4.68 Å². The molecule has 0 bridgehead atoms. The monoisotopic (exact) mass is 319 g/mol. The number of halogens is 1. The number of hydrogen-bond acceptors (Lipinski definition) is 4. The van der Waals surface area contributed by atoms with Crippen molar-refractivity contribution in [2.45, 2.75) is 33.2 Å². The molecular weight excluding hydrogens is 302 g/mol. The minimum absolute atomic E-state index is 0.255. The van der Waals surface area contributed by atoms with Gasteiger partial charge in [0.15, 0.2) is 11.6 Å². The van der Waals surface area contributed by atoms with Crippen LogP contribution in [0.2, 0.25) is 5.02 Å². The normalized spacial score (nSPS) is 12.1. The maximum absolute atomic E-state index is 6.42. The highest BCUT2D eigenvalue weighted by Gasteiger charge is 2.27. The van der Waals surface area contributed by atoms with Crippen LogP contribution in [0.4, 0.5) is 0 Å². The quantitative estimate of drug-likeness (QED) is 0.723. The molecule has 0 aliphatic carbocycles. The van der Waals surface area contributed by atoms with Crippen LogP contribution in [0.25, 0.3) is 23.1 Å². The van der Waals surface area contributed by atoms with Crippen molar-refractivity contribution in [1.29, 1.82) is 0 Å². The first-order valence-corrected chi connectivity index (χ1v) is 7.37. The molecule has 0 amide bonds. The summed E-state index contributed by atoms with van der Waals surface area (Å²) in [6, 6.07) is 3.65. The lowest BCUT2D eigenvalue weighted by Crippen LogP contribution is -2.24. The maximum Gasteiger partial charge on any atom is 0.217 e. The SMILES string of the molecule is Cc1nn(C)c(-c2nc(-c3ccco3)nn2C(C)(C)C)c1Cl. The fourth-order valence-corrected chi connectivity index (χ4v) is 2.56. The molecule has 6 nitrogen and oxygen atoms in total. The van der Waals surface area contributed by atoms with Crippen molar-refractivity contribution in [2.24, 2.45) is 7.05 Å². The lowest BCUT2D eigenvalue weighted by atomic mass is 10.1. The van der Waals surface area contributed by atoms with Gasteiger partial charge in [-0.05, 0) is 39.8 Å². The standard InChI is InChI=1S/C15H18ClN5O/c1-9-11(16)12(20(5)18-9)14-17-13(10-7-6-8-22-10)19-21(14)15(2,3)4/h6-8H,1-5H3. The Balaban J connectivity index is 2.26. The molecule has 0 atom stereocenters. The van der Waals surface area contributed by atoms with Gasteiger partial charge in [0.2, 0.25) is 5.82 Å². The van der Waals surface area contributed by atoms with Crippen molar-refractivity contribution >= 4 is 11.6 Å². The summed E-state index contributed by atoms with van der Waals surface area (Å²) >= 11 is 6.42. The highest BCUT2D eigenvalue weighted by atomic mass is 35.5. The molecule has 7 heteroatoms. The molecule has 3 heterocycles. The third-order valence-corrected chi connectivity index (χ3v) is 3.80. The molecule has 22 heavy (non-hydrogen) atoms. The van der Waals surface area contributed by atoms with Crippen molar-refractivity contribution in [2.75, 3.05) is 0 Å². The topological polar surface area (TPSA) is 61.7 Å². The van der Waals surface area contributed by atoms with Crippen LogP contribution in [-0.2, 0) is 12.6 Å². The lowest BCUT2D eigenvalue weighted by Gasteiger charge is -2.21. The average Bonchev–Trinajstić information content (AvgIpc) is 3.09. The predicted molar refractivity (Wildman–Crippen MR) is 84.7 cm³/mol. The minimum Gasteiger partial charge on any atom is -0.461 e. The smallest absolute Gasteiger partial charge is 0.217 e. The van der Waals surface area contributed by atoms with Gasteiger partial charge in [0, 0.05) is 7.05 Å². The van der Waals surface area contributed by atoms with E-state index in [-0.39, 0.29) is 5.54 Å². The van der Waals surface area contributed by atoms with Crippen LogP contribution >= 0.6 is 11.6 Å². The Morgan fingerprint density at radius 1 is 1.23 bits per heavy atom. The second-order valence-electron chi connectivity index (χ2n) is 6.19. The second-order valence-corrected chi connectivity index (χ2v) is 6.57. The van der Waals surface area contributed by atoms with E-state index >= 15 is 0 Å². The maximum atomic E-state index is 6.42. The predicted octanol–water partition coefficient (Wildman–Crippen LogP) is 3.66. The molecule has 0 N–H and O–H groups in total. The van der Waals surface area contributed by atoms with Crippen molar-refractivity contribution in [1.82, 2.24) is 24.5 Å². The van der Waals surface area contributed by atoms with E-state index in [2.05, 4.69) is 36.0 Å². The van der Waals surface area contributed by atoms with Crippen LogP contribution in [0, 0.1) is 6.92 Å². The van der Waals surface area contributed by atoms with Gasteiger partial charge < -0.3 is 4.42 Å². The van der Waals surface area contributed by atoms with E-state index in [1.165, 1.54) is 0 Å². The Kier molecular flexibility index (Phi) is 3.36. The third kappa shape index (κ3) is 2.33. The van der Waals surface area contributed by atoms with E-state index in [0.29, 0.717) is 22.4 Å². The first-order chi connectivity index (χ1) is 10.3. The van der Waals surface area contributed by atoms with Gasteiger partial charge in [0.25, 0.3) is 0 Å². The summed E-state index contributed by atoms with van der Waals surface area (Å²) in [6.45, 7) is 8.06. The fraction of sp³-hybridized carbons (Fsp3) is 0.400. The van der Waals surface area contributed by atoms with Gasteiger partial charge in [0.05, 0.1) is 22.5 Å². The van der Waals surface area contributed by atoms with Gasteiger partial charge in [-0.2, -0.15) is 5.10 Å². The van der Waals surface area contributed by atoms with Gasteiger partial charge >= 0.3 is 0 Å². The van der Waals surface area contributed by atoms with E-state index in [1.807, 2.05) is 30.8 Å². The lowest BCUT2D eigenvalue weighted by molar-refractivity contribution is 0.358. The molecule has 3 aromatic heterocycles. The van der Waals surface area contributed by atoms with Crippen molar-refractivity contribution in [3.05, 3.63) is 29.1 Å². The van der Waals surface area contributed by atoms with Gasteiger partial charge in [0.1, 0.15) is 5.69 Å². The number of hydrogen-bond donors (Lipinski definition) is 0. The van der Waals surface area contributed by atoms with Crippen LogP contribution < -0.4 is 0 Å². The molecule has 3 aromatic rings. The molecule has 0 aliphatic heterocycles. The van der Waals surface area contributed by atoms with E-state index in [0.717, 1.165) is 11.4 Å². The molecule has 0 spiro atoms. The Hall–Kier alpha value is -2.08. The summed E-state index contributed by atoms with van der Waals surface area (Å²) in [5, 5.41) is 9.56. The molecular formula is C15H18ClN5O. The van der Waals surface area contributed by atoms with E-state index in [4.69, 9.17) is 16.0 Å². The molecule has 0 unspecified atom stereocenters. The highest BCUT2D eigenvalue weighted by molar-refractivity contribution is 6.33. The molecule has 0 aliphatic rings. The van der Waals surface area contributed by atoms with Crippen LogP contribution in [0.1, 0.15) is 26.5 Å². The summed E-state index contributed by atoms with van der Waals surface area (Å²) < 4.78 is 8.99. The van der Waals surface area contributed by atoms with Crippen LogP contribution in [-0.4, -0.2) is 24.5 Å². The minimum atomic E-state index is -0.255. The molecule has 0 aromatic carbocycles. The number of aromatic nitrogens is 5. The molecule has 0 saturated carbocycles. The fourth-order valence-electron chi connectivity index (χ4n) is 2.32. The number of aryl methyl sites for hydroxylation is 2. The molecule has 0 saturated heterocycles. The van der Waals surface area contributed by atoms with Gasteiger partial charge in [-0.25, -0.2) is 9.67 Å². The molecule has 0 radical (unpaired) electrons. The Bertz CT molecular complexity index is 808. The largest absolute Gasteiger partial charge is 0.461 e.